The molecule has 0 fully saturated rings. The lowest BCUT2D eigenvalue weighted by molar-refractivity contribution is -0.143. The number of allylic oxidation sites excluding steroid dienone is 1. The van der Waals surface area contributed by atoms with E-state index in [4.69, 9.17) is 16.2 Å². The number of primary amides is 2. The Morgan fingerprint density at radius 2 is 1.37 bits per heavy atom. The minimum absolute atomic E-state index is 0.0164. The van der Waals surface area contributed by atoms with Gasteiger partial charge in [0.05, 0.1) is 55.0 Å². The van der Waals surface area contributed by atoms with Gasteiger partial charge in [-0.25, -0.2) is 4.79 Å². The second kappa shape index (κ2) is 13.5. The third kappa shape index (κ3) is 5.57. The molecule has 0 saturated carbocycles. The van der Waals surface area contributed by atoms with Crippen molar-refractivity contribution < 1.29 is 54.2 Å². The van der Waals surface area contributed by atoms with Crippen molar-refractivity contribution in [2.45, 2.75) is 58.3 Å². The lowest BCUT2D eigenvalue weighted by Gasteiger charge is -2.28. The number of phenolic OH excluding ortho intramolecular Hbond substituents is 1. The first kappa shape index (κ1) is 37.4. The molecule has 10 N–H and O–H groups in total. The van der Waals surface area contributed by atoms with Crippen molar-refractivity contribution >= 4 is 84.4 Å². The number of carbonyl (C=O) groups is 5. The van der Waals surface area contributed by atoms with Crippen molar-refractivity contribution in [1.29, 1.82) is 0 Å². The second-order valence-electron chi connectivity index (χ2n) is 13.5. The van der Waals surface area contributed by atoms with Gasteiger partial charge in [0.25, 0.3) is 0 Å². The van der Waals surface area contributed by atoms with Gasteiger partial charge in [-0.1, -0.05) is 11.6 Å². The molecule has 3 unspecified atom stereocenters. The van der Waals surface area contributed by atoms with Gasteiger partial charge in [-0.15, -0.1) is 0 Å². The number of benzene rings is 5. The lowest BCUT2D eigenvalue weighted by Crippen LogP contribution is -2.35. The number of anilines is 1. The predicted molar refractivity (Wildman–Crippen MR) is 196 cm³/mol. The number of aromatic hydroxyl groups is 1. The van der Waals surface area contributed by atoms with E-state index in [1.807, 2.05) is 0 Å². The number of methoxy groups -OCH3 is 1. The Labute approximate surface area is 303 Å². The van der Waals surface area contributed by atoms with E-state index in [0.29, 0.717) is 5.57 Å². The van der Waals surface area contributed by atoms with Crippen LogP contribution in [0.1, 0.15) is 60.4 Å². The minimum atomic E-state index is -1.77. The van der Waals surface area contributed by atoms with Gasteiger partial charge in [0.15, 0.2) is 22.4 Å². The summed E-state index contributed by atoms with van der Waals surface area (Å²) in [5.74, 6) is -9.09. The van der Waals surface area contributed by atoms with E-state index in [1.165, 1.54) is 20.1 Å². The number of amides is 2. The maximum absolute atomic E-state index is 14.4. The summed E-state index contributed by atoms with van der Waals surface area (Å²) in [6.45, 7) is 1.37. The number of ketones is 1. The molecular weight excluding hydrogens is 706 g/mol. The molecule has 0 radical (unpaired) electrons. The number of ether oxygens (including phenoxy) is 1. The zero-order chi connectivity index (χ0) is 39.7. The van der Waals surface area contributed by atoms with Gasteiger partial charge in [0.2, 0.25) is 11.8 Å². The molecule has 6 rings (SSSR count). The number of Topliss-reactive ketones (excluding diaryl/α,β-unsaturated/α-hetero) is 1. The van der Waals surface area contributed by atoms with Gasteiger partial charge < -0.3 is 47.1 Å². The molecule has 1 aliphatic rings. The molecule has 1 aliphatic carbocycles. The van der Waals surface area contributed by atoms with Gasteiger partial charge in [0.1, 0.15) is 11.8 Å². The highest BCUT2D eigenvalue weighted by Crippen LogP contribution is 2.56. The molecule has 0 spiro atoms. The Bertz CT molecular complexity index is 2650. The normalized spacial score (nSPS) is 15.1. The first-order valence-corrected chi connectivity index (χ1v) is 16.6. The van der Waals surface area contributed by atoms with Crippen LogP contribution in [0.2, 0.25) is 0 Å². The molecule has 2 amide bonds. The summed E-state index contributed by atoms with van der Waals surface area (Å²) in [6, 6.07) is 0.369. The quantitative estimate of drug-likeness (QED) is 0.0592. The second-order valence-corrected chi connectivity index (χ2v) is 13.5. The van der Waals surface area contributed by atoms with Gasteiger partial charge in [-0.05, 0) is 76.2 Å². The smallest absolute Gasteiger partial charge is 0.326 e. The number of phenols is 1. The van der Waals surface area contributed by atoms with Crippen molar-refractivity contribution in [2.24, 2.45) is 17.4 Å². The van der Waals surface area contributed by atoms with Crippen LogP contribution in [-0.2, 0) is 43.6 Å². The number of fused-ring (bicyclic) bond motifs is 1. The summed E-state index contributed by atoms with van der Waals surface area (Å²) in [6.07, 6.45) is -0.502. The van der Waals surface area contributed by atoms with E-state index in [2.05, 4.69) is 5.32 Å². The summed E-state index contributed by atoms with van der Waals surface area (Å²) >= 11 is 0. The molecule has 0 saturated heterocycles. The summed E-state index contributed by atoms with van der Waals surface area (Å²) in [7, 11) is 1.22. The van der Waals surface area contributed by atoms with Gasteiger partial charge >= 0.3 is 11.9 Å². The molecule has 16 nitrogen and oxygen atoms in total. The highest BCUT2D eigenvalue weighted by molar-refractivity contribution is 6.39. The first-order valence-electron chi connectivity index (χ1n) is 16.6. The van der Waals surface area contributed by atoms with Crippen molar-refractivity contribution in [1.82, 2.24) is 0 Å². The number of nitrogens with one attached hydrogen (secondary N) is 1. The maximum Gasteiger partial charge on any atom is 0.326 e. The fourth-order valence-corrected chi connectivity index (χ4v) is 8.19. The SMILES string of the molecule is COc1c(O)c2c(=O)cc(CO)c3c4c(CO)cc(=O)c5c(NC(CC(N)=O)C(=O)O)c(CC(CC(N)=O)C(=O)O)c6c(c(c1C(C(C)=O)C(C)=C6)c23)c54. The zero-order valence-electron chi connectivity index (χ0n) is 29.2. The Balaban J connectivity index is 2.07. The van der Waals surface area contributed by atoms with Crippen molar-refractivity contribution in [2.75, 3.05) is 12.4 Å². The van der Waals surface area contributed by atoms with Gasteiger partial charge in [0, 0.05) is 22.8 Å². The highest BCUT2D eigenvalue weighted by atomic mass is 16.5. The van der Waals surface area contributed by atoms with Crippen molar-refractivity contribution in [3.63, 3.8) is 0 Å². The van der Waals surface area contributed by atoms with E-state index in [-0.39, 0.29) is 82.3 Å². The number of aliphatic hydroxyl groups is 2. The summed E-state index contributed by atoms with van der Waals surface area (Å²) in [4.78, 5) is 91.4. The van der Waals surface area contributed by atoms with Crippen LogP contribution in [0, 0.1) is 5.92 Å². The number of hydrogen-bond donors (Lipinski definition) is 8. The van der Waals surface area contributed by atoms with E-state index in [1.54, 1.807) is 6.92 Å². The first-order chi connectivity index (χ1) is 25.5. The fourth-order valence-electron chi connectivity index (χ4n) is 8.19. The molecule has 5 aromatic rings. The van der Waals surface area contributed by atoms with Crippen LogP contribution in [0.3, 0.4) is 0 Å². The van der Waals surface area contributed by atoms with Gasteiger partial charge in [-0.2, -0.15) is 0 Å². The molecule has 0 aromatic heterocycles. The summed E-state index contributed by atoms with van der Waals surface area (Å²) in [5, 5.41) is 56.5. The standard InChI is InChI=1S/C38H35N3O13/c1-12-4-17-18(5-14(37(50)51)8-22(39)47)34(41-19(38(52)53)9-23(40)48)28-20(45)6-15(10-42)25-26-16(11-43)7-21(46)29-31(26)32(27(17)30(25)28)33(24(12)13(2)44)36(54-3)35(29)49/h4,6-7,14,19,24,41-43,49H,5,8-11H2,1-3H3,(H2,39,47)(H2,40,48)(H,50,51)(H,52,53). The van der Waals surface area contributed by atoms with E-state index >= 15 is 0 Å². The Hall–Kier alpha value is -6.39. The molecular formula is C38H35N3O13. The molecule has 5 aromatic carbocycles. The van der Waals surface area contributed by atoms with Crippen LogP contribution < -0.4 is 32.4 Å². The Kier molecular flexibility index (Phi) is 9.37. The Morgan fingerprint density at radius 3 is 1.85 bits per heavy atom. The zero-order valence-corrected chi connectivity index (χ0v) is 29.2. The predicted octanol–water partition coefficient (Wildman–Crippen LogP) is 1.54. The number of aliphatic carboxylic acids is 2. The molecule has 16 heteroatoms. The van der Waals surface area contributed by atoms with Crippen molar-refractivity contribution in [3.8, 4) is 11.5 Å². The summed E-state index contributed by atoms with van der Waals surface area (Å²) in [5.41, 5.74) is 9.61. The van der Waals surface area contributed by atoms with E-state index in [9.17, 15) is 59.1 Å². The molecule has 0 bridgehead atoms. The third-order valence-electron chi connectivity index (χ3n) is 10.2. The van der Waals surface area contributed by atoms with E-state index in [0.717, 1.165) is 12.1 Å². The topological polar surface area (TPSA) is 294 Å². The van der Waals surface area contributed by atoms with Crippen LogP contribution in [0.5, 0.6) is 11.5 Å². The molecule has 54 heavy (non-hydrogen) atoms. The number of nitrogens with two attached hydrogens (primary N) is 2. The largest absolute Gasteiger partial charge is 0.504 e. The van der Waals surface area contributed by atoms with Crippen LogP contribution in [0.4, 0.5) is 5.69 Å². The number of rotatable bonds is 14. The average Bonchev–Trinajstić information content (AvgIpc) is 3.22. The van der Waals surface area contributed by atoms with Crippen LogP contribution in [0.25, 0.3) is 49.2 Å². The van der Waals surface area contributed by atoms with Gasteiger partial charge in [-0.3, -0.25) is 28.8 Å². The van der Waals surface area contributed by atoms with Crippen LogP contribution in [0.15, 0.2) is 27.3 Å². The minimum Gasteiger partial charge on any atom is -0.504 e. The summed E-state index contributed by atoms with van der Waals surface area (Å²) < 4.78 is 5.70. The van der Waals surface area contributed by atoms with Crippen LogP contribution in [-0.4, -0.2) is 68.2 Å². The number of carboxylic acids is 2. The monoisotopic (exact) mass is 741 g/mol. The van der Waals surface area contributed by atoms with Crippen LogP contribution >= 0.6 is 0 Å². The molecule has 0 aliphatic heterocycles. The molecule has 0 heterocycles. The van der Waals surface area contributed by atoms with E-state index < -0.39 is 96.5 Å². The lowest BCUT2D eigenvalue weighted by atomic mass is 9.78. The molecule has 280 valence electrons. The molecule has 3 atom stereocenters. The highest BCUT2D eigenvalue weighted by Gasteiger charge is 2.38. The van der Waals surface area contributed by atoms with Crippen molar-refractivity contribution in [3.05, 3.63) is 66.0 Å². The number of carboxylic acid groups (broad SMARTS) is 2. The third-order valence-corrected chi connectivity index (χ3v) is 10.2. The number of hydrogen-bond acceptors (Lipinski definition) is 12. The number of aliphatic hydroxyl groups excluding tert-OH is 2. The maximum atomic E-state index is 14.4. The number of carbonyl (C=O) groups excluding carboxylic acids is 3. The Morgan fingerprint density at radius 1 is 0.815 bits per heavy atom. The average molecular weight is 742 g/mol. The fraction of sp³-hybridized carbons (Fsp3) is 0.289.